The van der Waals surface area contributed by atoms with Crippen molar-refractivity contribution >= 4 is 15.9 Å². The smallest absolute Gasteiger partial charge is 0.213 e. The van der Waals surface area contributed by atoms with Gasteiger partial charge in [-0.2, -0.15) is 0 Å². The van der Waals surface area contributed by atoms with Gasteiger partial charge in [-0.15, -0.1) is 0 Å². The molecule has 0 radical (unpaired) electrons. The molecule has 1 unspecified atom stereocenters. The van der Waals surface area contributed by atoms with Crippen molar-refractivity contribution in [3.05, 3.63) is 46.8 Å². The Kier molecular flexibility index (Phi) is 5.34. The van der Waals surface area contributed by atoms with E-state index in [9.17, 15) is 0 Å². The maximum atomic E-state index is 9.13. The number of hydrogen-bond acceptors (Lipinski definition) is 5. The average Bonchev–Trinajstić information content (AvgIpc) is 2.54. The van der Waals surface area contributed by atoms with Crippen molar-refractivity contribution in [2.24, 2.45) is 0 Å². The summed E-state index contributed by atoms with van der Waals surface area (Å²) in [6.45, 7) is 1.61. The third kappa shape index (κ3) is 4.70. The molecule has 0 aromatic carbocycles. The minimum absolute atomic E-state index is 0.127. The van der Waals surface area contributed by atoms with Crippen LogP contribution in [0.15, 0.2) is 41.1 Å². The zero-order chi connectivity index (χ0) is 16.9. The Labute approximate surface area is 149 Å². The SMILES string of the molecule is CC(O)C#Cc1ccc(OC2CC(Oc3ccc(Br)cn3)C2)cn1. The summed E-state index contributed by atoms with van der Waals surface area (Å²) in [4.78, 5) is 8.40. The van der Waals surface area contributed by atoms with Crippen LogP contribution in [0.3, 0.4) is 0 Å². The highest BCUT2D eigenvalue weighted by Gasteiger charge is 2.33. The fourth-order valence-corrected chi connectivity index (χ4v) is 2.44. The molecule has 0 amide bonds. The molecule has 2 aromatic heterocycles. The second kappa shape index (κ2) is 7.65. The van der Waals surface area contributed by atoms with Gasteiger partial charge >= 0.3 is 0 Å². The first-order valence-electron chi connectivity index (χ1n) is 7.69. The van der Waals surface area contributed by atoms with E-state index in [2.05, 4.69) is 37.7 Å². The molecule has 124 valence electrons. The van der Waals surface area contributed by atoms with Crippen LogP contribution in [0.25, 0.3) is 0 Å². The van der Waals surface area contributed by atoms with Crippen molar-refractivity contribution in [3.8, 4) is 23.5 Å². The first-order valence-corrected chi connectivity index (χ1v) is 8.48. The van der Waals surface area contributed by atoms with Crippen LogP contribution < -0.4 is 9.47 Å². The van der Waals surface area contributed by atoms with Crippen LogP contribution >= 0.6 is 15.9 Å². The van der Waals surface area contributed by atoms with Gasteiger partial charge in [-0.3, -0.25) is 0 Å². The van der Waals surface area contributed by atoms with Crippen molar-refractivity contribution in [1.82, 2.24) is 9.97 Å². The van der Waals surface area contributed by atoms with Gasteiger partial charge in [0.25, 0.3) is 0 Å². The maximum absolute atomic E-state index is 9.13. The molecule has 0 aliphatic heterocycles. The van der Waals surface area contributed by atoms with E-state index in [-0.39, 0.29) is 12.2 Å². The molecule has 3 rings (SSSR count). The number of aliphatic hydroxyl groups is 1. The molecule has 1 aliphatic rings. The van der Waals surface area contributed by atoms with Gasteiger partial charge in [-0.1, -0.05) is 5.92 Å². The maximum Gasteiger partial charge on any atom is 0.213 e. The highest BCUT2D eigenvalue weighted by molar-refractivity contribution is 9.10. The molecule has 1 N–H and O–H groups in total. The van der Waals surface area contributed by atoms with E-state index >= 15 is 0 Å². The molecule has 0 spiro atoms. The van der Waals surface area contributed by atoms with Crippen molar-refractivity contribution in [2.45, 2.75) is 38.1 Å². The second-order valence-electron chi connectivity index (χ2n) is 5.59. The normalized spacial score (nSPS) is 20.3. The Morgan fingerprint density at radius 1 is 1.12 bits per heavy atom. The zero-order valence-electron chi connectivity index (χ0n) is 13.1. The number of aromatic nitrogens is 2. The topological polar surface area (TPSA) is 64.5 Å². The van der Waals surface area contributed by atoms with Crippen LogP contribution in [0.1, 0.15) is 25.5 Å². The van der Waals surface area contributed by atoms with E-state index in [1.807, 2.05) is 18.2 Å². The number of ether oxygens (including phenoxy) is 2. The summed E-state index contributed by atoms with van der Waals surface area (Å²) in [6.07, 6.45) is 4.61. The first kappa shape index (κ1) is 16.7. The molecule has 0 saturated heterocycles. The van der Waals surface area contributed by atoms with E-state index in [1.54, 1.807) is 25.4 Å². The highest BCUT2D eigenvalue weighted by Crippen LogP contribution is 2.29. The largest absolute Gasteiger partial charge is 0.489 e. The van der Waals surface area contributed by atoms with Crippen molar-refractivity contribution in [1.29, 1.82) is 0 Å². The third-order valence-electron chi connectivity index (χ3n) is 3.49. The van der Waals surface area contributed by atoms with E-state index in [0.717, 1.165) is 17.3 Å². The van der Waals surface area contributed by atoms with Crippen LogP contribution in [0.2, 0.25) is 0 Å². The molecule has 2 aromatic rings. The van der Waals surface area contributed by atoms with Gasteiger partial charge in [-0.25, -0.2) is 9.97 Å². The van der Waals surface area contributed by atoms with Gasteiger partial charge in [-0.05, 0) is 47.0 Å². The summed E-state index contributed by atoms with van der Waals surface area (Å²) in [5.41, 5.74) is 0.611. The molecule has 0 bridgehead atoms. The van der Waals surface area contributed by atoms with Gasteiger partial charge in [0.1, 0.15) is 29.8 Å². The number of hydrogen-bond donors (Lipinski definition) is 1. The molecule has 24 heavy (non-hydrogen) atoms. The molecule has 1 fully saturated rings. The second-order valence-corrected chi connectivity index (χ2v) is 6.51. The van der Waals surface area contributed by atoms with Crippen LogP contribution in [0.4, 0.5) is 0 Å². The summed E-state index contributed by atoms with van der Waals surface area (Å²) in [7, 11) is 0. The lowest BCUT2D eigenvalue weighted by molar-refractivity contribution is 0.00207. The Morgan fingerprint density at radius 2 is 1.92 bits per heavy atom. The van der Waals surface area contributed by atoms with E-state index in [0.29, 0.717) is 17.3 Å². The summed E-state index contributed by atoms with van der Waals surface area (Å²) in [6, 6.07) is 7.37. The lowest BCUT2D eigenvalue weighted by Gasteiger charge is -2.34. The summed E-state index contributed by atoms with van der Waals surface area (Å²) < 4.78 is 12.6. The lowest BCUT2D eigenvalue weighted by Crippen LogP contribution is -2.41. The van der Waals surface area contributed by atoms with Gasteiger partial charge in [0, 0.05) is 29.6 Å². The van der Waals surface area contributed by atoms with Crippen molar-refractivity contribution in [2.75, 3.05) is 0 Å². The molecule has 2 heterocycles. The molecule has 5 nitrogen and oxygen atoms in total. The van der Waals surface area contributed by atoms with E-state index in [1.165, 1.54) is 0 Å². The zero-order valence-corrected chi connectivity index (χ0v) is 14.7. The number of halogens is 1. The minimum atomic E-state index is -0.658. The Morgan fingerprint density at radius 3 is 2.54 bits per heavy atom. The van der Waals surface area contributed by atoms with Gasteiger partial charge in [0.05, 0.1) is 6.20 Å². The monoisotopic (exact) mass is 388 g/mol. The molecular formula is C18H17BrN2O3. The molecule has 1 saturated carbocycles. The number of aliphatic hydroxyl groups excluding tert-OH is 1. The summed E-state index contributed by atoms with van der Waals surface area (Å²) in [5, 5.41) is 9.13. The Balaban J connectivity index is 1.45. The predicted octanol–water partition coefficient (Wildman–Crippen LogP) is 2.96. The average molecular weight is 389 g/mol. The van der Waals surface area contributed by atoms with E-state index in [4.69, 9.17) is 14.6 Å². The number of rotatable bonds is 4. The standard InChI is InChI=1S/C18H17BrN2O3/c1-12(22)2-4-14-5-6-15(11-20-14)23-16-8-17(9-16)24-18-7-3-13(19)10-21-18/h3,5-7,10-12,16-17,22H,8-9H2,1H3. The first-order chi connectivity index (χ1) is 11.6. The van der Waals surface area contributed by atoms with Crippen molar-refractivity contribution < 1.29 is 14.6 Å². The van der Waals surface area contributed by atoms with Crippen LogP contribution in [-0.2, 0) is 0 Å². The van der Waals surface area contributed by atoms with Gasteiger partial charge in [0.15, 0.2) is 0 Å². The minimum Gasteiger partial charge on any atom is -0.489 e. The Hall–Kier alpha value is -2.10. The highest BCUT2D eigenvalue weighted by atomic mass is 79.9. The molecule has 1 aliphatic carbocycles. The van der Waals surface area contributed by atoms with Crippen molar-refractivity contribution in [3.63, 3.8) is 0 Å². The molecule has 6 heteroatoms. The van der Waals surface area contributed by atoms with Gasteiger partial charge < -0.3 is 14.6 Å². The van der Waals surface area contributed by atoms with Gasteiger partial charge in [0.2, 0.25) is 5.88 Å². The number of pyridine rings is 2. The summed E-state index contributed by atoms with van der Waals surface area (Å²) >= 11 is 3.35. The molecule has 1 atom stereocenters. The third-order valence-corrected chi connectivity index (χ3v) is 3.96. The molecular weight excluding hydrogens is 372 g/mol. The quantitative estimate of drug-likeness (QED) is 0.815. The fourth-order valence-electron chi connectivity index (χ4n) is 2.21. The lowest BCUT2D eigenvalue weighted by atomic mass is 9.92. The Bertz CT molecular complexity index is 730. The number of nitrogens with zero attached hydrogens (tertiary/aromatic N) is 2. The van der Waals surface area contributed by atoms with E-state index < -0.39 is 6.10 Å². The van der Waals surface area contributed by atoms with Crippen LogP contribution in [0.5, 0.6) is 11.6 Å². The predicted molar refractivity (Wildman–Crippen MR) is 92.8 cm³/mol. The van der Waals surface area contributed by atoms with Crippen LogP contribution in [0, 0.1) is 11.8 Å². The summed E-state index contributed by atoms with van der Waals surface area (Å²) in [5.74, 6) is 6.79. The van der Waals surface area contributed by atoms with Crippen LogP contribution in [-0.4, -0.2) is 33.4 Å². The fraction of sp³-hybridized carbons (Fsp3) is 0.333.